The van der Waals surface area contributed by atoms with E-state index in [1.807, 2.05) is 25.3 Å². The Morgan fingerprint density at radius 3 is 3.04 bits per heavy atom. The van der Waals surface area contributed by atoms with E-state index in [-0.39, 0.29) is 5.56 Å². The maximum absolute atomic E-state index is 12.3. The van der Waals surface area contributed by atoms with Crippen LogP contribution in [0.15, 0.2) is 34.3 Å². The molecule has 4 rings (SSSR count). The van der Waals surface area contributed by atoms with E-state index in [0.717, 1.165) is 35.2 Å². The van der Waals surface area contributed by atoms with E-state index in [9.17, 15) is 4.79 Å². The molecule has 3 aromatic heterocycles. The Hall–Kier alpha value is -2.15. The van der Waals surface area contributed by atoms with Crippen LogP contribution in [0.2, 0.25) is 0 Å². The Morgan fingerprint density at radius 2 is 2.12 bits per heavy atom. The number of nitrogens with zero attached hydrogens (tertiary/aromatic N) is 5. The molecule has 0 unspecified atom stereocenters. The van der Waals surface area contributed by atoms with Crippen molar-refractivity contribution in [3.63, 3.8) is 0 Å². The summed E-state index contributed by atoms with van der Waals surface area (Å²) in [6.07, 6.45) is 6.43. The van der Waals surface area contributed by atoms with E-state index in [0.29, 0.717) is 11.4 Å². The van der Waals surface area contributed by atoms with Crippen molar-refractivity contribution in [1.29, 1.82) is 0 Å². The van der Waals surface area contributed by atoms with Gasteiger partial charge in [-0.05, 0) is 31.4 Å². The normalized spacial score (nSPS) is 14.5. The number of hydrogen-bond donors (Lipinski definition) is 0. The fourth-order valence-electron chi connectivity index (χ4n) is 3.04. The highest BCUT2D eigenvalue weighted by molar-refractivity contribution is 7.98. The van der Waals surface area contributed by atoms with E-state index in [1.165, 1.54) is 19.3 Å². The van der Waals surface area contributed by atoms with Gasteiger partial charge < -0.3 is 4.57 Å². The number of pyridine rings is 1. The molecule has 0 spiro atoms. The van der Waals surface area contributed by atoms with Gasteiger partial charge in [0, 0.05) is 31.0 Å². The highest BCUT2D eigenvalue weighted by atomic mass is 32.2. The molecule has 0 radical (unpaired) electrons. The largest absolute Gasteiger partial charge is 0.306 e. The topological polar surface area (TPSA) is 65.1 Å². The number of aryl methyl sites for hydroxylation is 2. The Balaban J connectivity index is 1.58. The number of hydrogen-bond acceptors (Lipinski definition) is 5. The zero-order valence-electron chi connectivity index (χ0n) is 13.6. The third-order valence-corrected chi connectivity index (χ3v) is 5.29. The highest BCUT2D eigenvalue weighted by Gasteiger charge is 2.15. The summed E-state index contributed by atoms with van der Waals surface area (Å²) >= 11 is 1.60. The molecule has 3 aromatic rings. The minimum Gasteiger partial charge on any atom is -0.306 e. The van der Waals surface area contributed by atoms with Crippen LogP contribution in [-0.4, -0.2) is 24.1 Å². The van der Waals surface area contributed by atoms with Gasteiger partial charge in [-0.25, -0.2) is 4.98 Å². The molecule has 1 aliphatic heterocycles. The molecule has 0 saturated carbocycles. The molecule has 124 valence electrons. The van der Waals surface area contributed by atoms with Gasteiger partial charge in [-0.3, -0.25) is 9.20 Å². The predicted molar refractivity (Wildman–Crippen MR) is 93.3 cm³/mol. The van der Waals surface area contributed by atoms with Gasteiger partial charge in [0.15, 0.2) is 5.16 Å². The Morgan fingerprint density at radius 1 is 1.21 bits per heavy atom. The highest BCUT2D eigenvalue weighted by Crippen LogP contribution is 2.24. The van der Waals surface area contributed by atoms with Crippen molar-refractivity contribution >= 4 is 17.4 Å². The van der Waals surface area contributed by atoms with E-state index < -0.39 is 0 Å². The molecule has 0 atom stereocenters. The van der Waals surface area contributed by atoms with Gasteiger partial charge in [-0.1, -0.05) is 24.2 Å². The van der Waals surface area contributed by atoms with E-state index in [1.54, 1.807) is 22.2 Å². The molecule has 0 amide bonds. The first-order valence-corrected chi connectivity index (χ1v) is 9.23. The minimum absolute atomic E-state index is 0.0422. The molecular weight excluding hydrogens is 322 g/mol. The summed E-state index contributed by atoms with van der Waals surface area (Å²) in [5.74, 6) is 1.70. The SMILES string of the molecule is Cc1ccc2nc(CSc3nnc4n3CCCCC4)cc(=O)n2c1. The first kappa shape index (κ1) is 15.4. The molecule has 1 aliphatic rings. The molecule has 0 saturated heterocycles. The second kappa shape index (κ2) is 6.39. The van der Waals surface area contributed by atoms with Crippen molar-refractivity contribution in [2.24, 2.45) is 0 Å². The maximum Gasteiger partial charge on any atom is 0.258 e. The second-order valence-electron chi connectivity index (χ2n) is 6.17. The lowest BCUT2D eigenvalue weighted by Gasteiger charge is -2.07. The van der Waals surface area contributed by atoms with E-state index >= 15 is 0 Å². The monoisotopic (exact) mass is 341 g/mol. The Kier molecular flexibility index (Phi) is 4.10. The van der Waals surface area contributed by atoms with Crippen molar-refractivity contribution in [3.05, 3.63) is 51.8 Å². The minimum atomic E-state index is -0.0422. The lowest BCUT2D eigenvalue weighted by molar-refractivity contribution is 0.591. The van der Waals surface area contributed by atoms with Crippen molar-refractivity contribution in [2.45, 2.75) is 50.1 Å². The number of thioether (sulfide) groups is 1. The summed E-state index contributed by atoms with van der Waals surface area (Å²) in [5.41, 5.74) is 2.46. The first-order chi connectivity index (χ1) is 11.7. The average molecular weight is 341 g/mol. The van der Waals surface area contributed by atoms with Gasteiger partial charge in [0.2, 0.25) is 0 Å². The molecule has 7 heteroatoms. The maximum atomic E-state index is 12.3. The summed E-state index contributed by atoms with van der Waals surface area (Å²) in [6.45, 7) is 2.95. The summed E-state index contributed by atoms with van der Waals surface area (Å²) < 4.78 is 3.81. The smallest absolute Gasteiger partial charge is 0.258 e. The average Bonchev–Trinajstić information content (AvgIpc) is 2.80. The third kappa shape index (κ3) is 2.96. The molecule has 24 heavy (non-hydrogen) atoms. The quantitative estimate of drug-likeness (QED) is 0.685. The van der Waals surface area contributed by atoms with Crippen LogP contribution in [0.25, 0.3) is 5.65 Å². The number of fused-ring (bicyclic) bond motifs is 2. The summed E-state index contributed by atoms with van der Waals surface area (Å²) in [7, 11) is 0. The van der Waals surface area contributed by atoms with Gasteiger partial charge >= 0.3 is 0 Å². The van der Waals surface area contributed by atoms with E-state index in [2.05, 4.69) is 19.7 Å². The molecule has 0 aromatic carbocycles. The van der Waals surface area contributed by atoms with E-state index in [4.69, 9.17) is 0 Å². The van der Waals surface area contributed by atoms with Crippen LogP contribution in [0.5, 0.6) is 0 Å². The number of rotatable bonds is 3. The van der Waals surface area contributed by atoms with Crippen molar-refractivity contribution in [3.8, 4) is 0 Å². The molecule has 6 nitrogen and oxygen atoms in total. The van der Waals surface area contributed by atoms with Crippen LogP contribution < -0.4 is 5.56 Å². The van der Waals surface area contributed by atoms with Crippen LogP contribution in [-0.2, 0) is 18.7 Å². The molecule has 4 heterocycles. The summed E-state index contributed by atoms with van der Waals surface area (Å²) in [6, 6.07) is 5.46. The lowest BCUT2D eigenvalue weighted by atomic mass is 10.2. The predicted octanol–water partition coefficient (Wildman–Crippen LogP) is 2.61. The molecule has 0 bridgehead atoms. The third-order valence-electron chi connectivity index (χ3n) is 4.29. The van der Waals surface area contributed by atoms with Crippen LogP contribution in [0.4, 0.5) is 0 Å². The van der Waals surface area contributed by atoms with Crippen LogP contribution in [0.3, 0.4) is 0 Å². The zero-order chi connectivity index (χ0) is 16.5. The van der Waals surface area contributed by atoms with Gasteiger partial charge in [0.1, 0.15) is 11.5 Å². The van der Waals surface area contributed by atoms with Crippen molar-refractivity contribution < 1.29 is 0 Å². The molecular formula is C17H19N5OS. The first-order valence-electron chi connectivity index (χ1n) is 8.24. The fourth-order valence-corrected chi connectivity index (χ4v) is 3.91. The van der Waals surface area contributed by atoms with Gasteiger partial charge in [-0.15, -0.1) is 10.2 Å². The summed E-state index contributed by atoms with van der Waals surface area (Å²) in [4.78, 5) is 16.9. The molecule has 0 N–H and O–H groups in total. The standard InChI is InChI=1S/C17H19N5OS/c1-12-6-7-14-18-13(9-16(23)22(14)10-12)11-24-17-20-19-15-5-3-2-4-8-21(15)17/h6-7,9-10H,2-5,8,11H2,1H3. The van der Waals surface area contributed by atoms with Crippen LogP contribution >= 0.6 is 11.8 Å². The molecule has 0 fully saturated rings. The molecule has 0 aliphatic carbocycles. The van der Waals surface area contributed by atoms with Crippen molar-refractivity contribution in [1.82, 2.24) is 24.1 Å². The lowest BCUT2D eigenvalue weighted by Crippen LogP contribution is -2.15. The van der Waals surface area contributed by atoms with Gasteiger partial charge in [0.05, 0.1) is 5.69 Å². The summed E-state index contributed by atoms with van der Waals surface area (Å²) in [5, 5.41) is 9.56. The zero-order valence-corrected chi connectivity index (χ0v) is 14.4. The Bertz CT molecular complexity index is 946. The van der Waals surface area contributed by atoms with Gasteiger partial charge in [-0.2, -0.15) is 0 Å². The Labute approximate surface area is 143 Å². The van der Waals surface area contributed by atoms with Crippen molar-refractivity contribution in [2.75, 3.05) is 0 Å². The van der Waals surface area contributed by atoms with Gasteiger partial charge in [0.25, 0.3) is 5.56 Å². The van der Waals surface area contributed by atoms with Crippen LogP contribution in [0.1, 0.15) is 36.3 Å². The fraction of sp³-hybridized carbons (Fsp3) is 0.412. The number of aromatic nitrogens is 5. The second-order valence-corrected chi connectivity index (χ2v) is 7.11. The van der Waals surface area contributed by atoms with Crippen LogP contribution in [0, 0.1) is 6.92 Å².